The maximum atomic E-state index is 12.0. The lowest BCUT2D eigenvalue weighted by Gasteiger charge is -2.16. The number of aromatic nitrogens is 1. The molecule has 0 aromatic carbocycles. The Kier molecular flexibility index (Phi) is 4.95. The average molecular weight is 252 g/mol. The minimum Gasteiger partial charge on any atom is -0.481 e. The van der Waals surface area contributed by atoms with Gasteiger partial charge in [0.25, 0.3) is 5.91 Å². The molecule has 0 aliphatic heterocycles. The van der Waals surface area contributed by atoms with Crippen molar-refractivity contribution in [1.29, 1.82) is 0 Å². The van der Waals surface area contributed by atoms with Crippen molar-refractivity contribution in [2.45, 2.75) is 45.7 Å². The lowest BCUT2D eigenvalue weighted by Crippen LogP contribution is -2.34. The van der Waals surface area contributed by atoms with Gasteiger partial charge in [-0.3, -0.25) is 9.59 Å². The summed E-state index contributed by atoms with van der Waals surface area (Å²) < 4.78 is 1.89. The molecule has 0 saturated heterocycles. The summed E-state index contributed by atoms with van der Waals surface area (Å²) in [4.78, 5) is 22.5. The number of hydrogen-bond donors (Lipinski definition) is 2. The molecular formula is C13H20N2O3. The highest BCUT2D eigenvalue weighted by Crippen LogP contribution is 2.11. The lowest BCUT2D eigenvalue weighted by atomic mass is 10.2. The molecule has 0 aliphatic carbocycles. The van der Waals surface area contributed by atoms with Crippen LogP contribution < -0.4 is 5.32 Å². The Hall–Kier alpha value is -1.78. The first kappa shape index (κ1) is 14.3. The fraction of sp³-hybridized carbons (Fsp3) is 0.538. The number of carbonyl (C=O) groups is 2. The molecule has 1 rings (SSSR count). The van der Waals surface area contributed by atoms with E-state index in [9.17, 15) is 9.59 Å². The molecule has 2 N–H and O–H groups in total. The van der Waals surface area contributed by atoms with Crippen molar-refractivity contribution in [3.05, 3.63) is 24.0 Å². The van der Waals surface area contributed by atoms with Crippen molar-refractivity contribution in [1.82, 2.24) is 9.88 Å². The summed E-state index contributed by atoms with van der Waals surface area (Å²) in [5.41, 5.74) is 0.604. The molecule has 0 fully saturated rings. The van der Waals surface area contributed by atoms with E-state index in [0.29, 0.717) is 12.1 Å². The quantitative estimate of drug-likeness (QED) is 0.814. The van der Waals surface area contributed by atoms with Gasteiger partial charge in [-0.1, -0.05) is 0 Å². The van der Waals surface area contributed by atoms with Gasteiger partial charge >= 0.3 is 5.97 Å². The van der Waals surface area contributed by atoms with Crippen LogP contribution in [0.3, 0.4) is 0 Å². The van der Waals surface area contributed by atoms with Crippen LogP contribution in [0.25, 0.3) is 0 Å². The molecule has 0 bridgehead atoms. The van der Waals surface area contributed by atoms with E-state index in [1.165, 1.54) is 0 Å². The fourth-order valence-corrected chi connectivity index (χ4v) is 1.75. The number of carbonyl (C=O) groups excluding carboxylic acids is 1. The van der Waals surface area contributed by atoms with Crippen LogP contribution >= 0.6 is 0 Å². The highest BCUT2D eigenvalue weighted by molar-refractivity contribution is 5.93. The Morgan fingerprint density at radius 2 is 2.06 bits per heavy atom. The summed E-state index contributed by atoms with van der Waals surface area (Å²) in [7, 11) is 0. The maximum absolute atomic E-state index is 12.0. The van der Waals surface area contributed by atoms with Crippen molar-refractivity contribution in [2.75, 3.05) is 0 Å². The molecule has 0 aliphatic rings. The molecule has 0 saturated carbocycles. The minimum absolute atomic E-state index is 0.0621. The largest absolute Gasteiger partial charge is 0.481 e. The number of rotatable bonds is 6. The molecule has 1 aromatic rings. The molecule has 5 nitrogen and oxygen atoms in total. The standard InChI is InChI=1S/C13H20N2O3/c1-9(2)15-8-4-5-11(15)13(18)14-10(3)6-7-12(16)17/h4-5,8-10H,6-7H2,1-3H3,(H,14,18)(H,16,17). The number of amides is 1. The Bertz CT molecular complexity index is 424. The first-order chi connectivity index (χ1) is 8.41. The van der Waals surface area contributed by atoms with Crippen molar-refractivity contribution in [3.63, 3.8) is 0 Å². The smallest absolute Gasteiger partial charge is 0.303 e. The molecule has 1 amide bonds. The minimum atomic E-state index is -0.846. The van der Waals surface area contributed by atoms with E-state index in [0.717, 1.165) is 0 Å². The van der Waals surface area contributed by atoms with E-state index in [-0.39, 0.29) is 24.4 Å². The number of nitrogens with zero attached hydrogens (tertiary/aromatic N) is 1. The van der Waals surface area contributed by atoms with Crippen LogP contribution in [0, 0.1) is 0 Å². The van der Waals surface area contributed by atoms with Gasteiger partial charge in [-0.25, -0.2) is 0 Å². The van der Waals surface area contributed by atoms with Gasteiger partial charge in [0.1, 0.15) is 5.69 Å². The third-order valence-corrected chi connectivity index (χ3v) is 2.74. The zero-order valence-electron chi connectivity index (χ0n) is 11.0. The molecule has 18 heavy (non-hydrogen) atoms. The number of carboxylic acids is 1. The van der Waals surface area contributed by atoms with Crippen LogP contribution in [-0.4, -0.2) is 27.6 Å². The van der Waals surface area contributed by atoms with Gasteiger partial charge < -0.3 is 15.0 Å². The summed E-state index contributed by atoms with van der Waals surface area (Å²) in [6.07, 6.45) is 2.36. The van der Waals surface area contributed by atoms with Crippen molar-refractivity contribution < 1.29 is 14.7 Å². The lowest BCUT2D eigenvalue weighted by molar-refractivity contribution is -0.137. The molecule has 0 spiro atoms. The molecule has 100 valence electrons. The number of hydrogen-bond acceptors (Lipinski definition) is 2. The molecule has 1 atom stereocenters. The molecule has 1 unspecified atom stereocenters. The topological polar surface area (TPSA) is 71.3 Å². The molecule has 5 heteroatoms. The van der Waals surface area contributed by atoms with E-state index in [1.54, 1.807) is 6.07 Å². The fourth-order valence-electron chi connectivity index (χ4n) is 1.75. The van der Waals surface area contributed by atoms with E-state index in [1.807, 2.05) is 37.6 Å². The zero-order chi connectivity index (χ0) is 13.7. The molecule has 1 heterocycles. The predicted octanol–water partition coefficient (Wildman–Crippen LogP) is 2.05. The molecule has 1 aromatic heterocycles. The second-order valence-electron chi connectivity index (χ2n) is 4.70. The number of carboxylic acid groups (broad SMARTS) is 1. The number of nitrogens with one attached hydrogen (secondary N) is 1. The molecular weight excluding hydrogens is 232 g/mol. The van der Waals surface area contributed by atoms with Crippen LogP contribution in [-0.2, 0) is 4.79 Å². The van der Waals surface area contributed by atoms with Crippen LogP contribution in [0.15, 0.2) is 18.3 Å². The van der Waals surface area contributed by atoms with Crippen molar-refractivity contribution in [2.24, 2.45) is 0 Å². The van der Waals surface area contributed by atoms with Crippen LogP contribution in [0.5, 0.6) is 0 Å². The van der Waals surface area contributed by atoms with Crippen LogP contribution in [0.1, 0.15) is 50.1 Å². The van der Waals surface area contributed by atoms with Gasteiger partial charge in [0, 0.05) is 24.7 Å². The maximum Gasteiger partial charge on any atom is 0.303 e. The normalized spacial score (nSPS) is 12.4. The summed E-state index contributed by atoms with van der Waals surface area (Å²) in [6, 6.07) is 3.66. The van der Waals surface area contributed by atoms with Crippen molar-refractivity contribution >= 4 is 11.9 Å². The van der Waals surface area contributed by atoms with Gasteiger partial charge in [-0.15, -0.1) is 0 Å². The Balaban J connectivity index is 2.59. The second-order valence-corrected chi connectivity index (χ2v) is 4.70. The predicted molar refractivity (Wildman–Crippen MR) is 68.6 cm³/mol. The average Bonchev–Trinajstić information content (AvgIpc) is 2.75. The van der Waals surface area contributed by atoms with Gasteiger partial charge in [0.05, 0.1) is 0 Å². The van der Waals surface area contributed by atoms with Gasteiger partial charge in [0.15, 0.2) is 0 Å². The van der Waals surface area contributed by atoms with Gasteiger partial charge in [-0.05, 0) is 39.3 Å². The van der Waals surface area contributed by atoms with E-state index < -0.39 is 5.97 Å². The van der Waals surface area contributed by atoms with Crippen LogP contribution in [0.2, 0.25) is 0 Å². The summed E-state index contributed by atoms with van der Waals surface area (Å²) in [6.45, 7) is 5.82. The van der Waals surface area contributed by atoms with Gasteiger partial charge in [-0.2, -0.15) is 0 Å². The third-order valence-electron chi connectivity index (χ3n) is 2.74. The monoisotopic (exact) mass is 252 g/mol. The van der Waals surface area contributed by atoms with Crippen molar-refractivity contribution in [3.8, 4) is 0 Å². The summed E-state index contributed by atoms with van der Waals surface area (Å²) in [5, 5.41) is 11.4. The highest BCUT2D eigenvalue weighted by Gasteiger charge is 2.15. The first-order valence-corrected chi connectivity index (χ1v) is 6.11. The Labute approximate surface area is 107 Å². The summed E-state index contributed by atoms with van der Waals surface area (Å²) in [5.74, 6) is -1.01. The second kappa shape index (κ2) is 6.23. The first-order valence-electron chi connectivity index (χ1n) is 6.11. The van der Waals surface area contributed by atoms with E-state index in [4.69, 9.17) is 5.11 Å². The van der Waals surface area contributed by atoms with E-state index in [2.05, 4.69) is 5.32 Å². The van der Waals surface area contributed by atoms with Crippen LogP contribution in [0.4, 0.5) is 0 Å². The van der Waals surface area contributed by atoms with Gasteiger partial charge in [0.2, 0.25) is 0 Å². The number of aliphatic carboxylic acids is 1. The highest BCUT2D eigenvalue weighted by atomic mass is 16.4. The zero-order valence-corrected chi connectivity index (χ0v) is 11.0. The SMILES string of the molecule is CC(CCC(=O)O)NC(=O)c1cccn1C(C)C. The Morgan fingerprint density at radius 3 is 2.61 bits per heavy atom. The van der Waals surface area contributed by atoms with E-state index >= 15 is 0 Å². The summed E-state index contributed by atoms with van der Waals surface area (Å²) >= 11 is 0. The Morgan fingerprint density at radius 1 is 1.39 bits per heavy atom. The molecule has 0 radical (unpaired) electrons. The third kappa shape index (κ3) is 3.91.